The van der Waals surface area contributed by atoms with E-state index in [0.29, 0.717) is 28.5 Å². The Bertz CT molecular complexity index is 1200. The first-order valence-electron chi connectivity index (χ1n) is 10.6. The third-order valence-electron chi connectivity index (χ3n) is 5.18. The molecule has 1 unspecified atom stereocenters. The highest BCUT2D eigenvalue weighted by molar-refractivity contribution is 7.89. The Balaban J connectivity index is 1.83. The summed E-state index contributed by atoms with van der Waals surface area (Å²) in [5.74, 6) is 0.280. The third-order valence-corrected chi connectivity index (χ3v) is 7.25. The number of hydrogen-bond donors (Lipinski definition) is 1. The van der Waals surface area contributed by atoms with E-state index >= 15 is 0 Å². The second-order valence-electron chi connectivity index (χ2n) is 7.58. The van der Waals surface area contributed by atoms with Crippen LogP contribution in [0.5, 0.6) is 5.75 Å². The van der Waals surface area contributed by atoms with Crippen LogP contribution in [-0.2, 0) is 16.6 Å². The number of halogens is 1. The summed E-state index contributed by atoms with van der Waals surface area (Å²) in [7, 11) is -2.27. The van der Waals surface area contributed by atoms with Gasteiger partial charge in [-0.3, -0.25) is 4.79 Å². The van der Waals surface area contributed by atoms with Gasteiger partial charge in [-0.2, -0.15) is 4.31 Å². The molecule has 33 heavy (non-hydrogen) atoms. The van der Waals surface area contributed by atoms with E-state index in [1.807, 2.05) is 44.2 Å². The van der Waals surface area contributed by atoms with E-state index < -0.39 is 10.0 Å². The van der Waals surface area contributed by atoms with Crippen LogP contribution >= 0.6 is 11.6 Å². The molecular formula is C25H27ClN2O4S. The van der Waals surface area contributed by atoms with E-state index in [9.17, 15) is 13.2 Å². The minimum Gasteiger partial charge on any atom is -0.494 e. The molecule has 0 aliphatic carbocycles. The monoisotopic (exact) mass is 486 g/mol. The summed E-state index contributed by atoms with van der Waals surface area (Å²) in [6, 6.07) is 20.5. The van der Waals surface area contributed by atoms with Gasteiger partial charge >= 0.3 is 0 Å². The first kappa shape index (κ1) is 24.8. The van der Waals surface area contributed by atoms with Gasteiger partial charge in [0.1, 0.15) is 5.75 Å². The molecule has 0 spiro atoms. The van der Waals surface area contributed by atoms with Gasteiger partial charge < -0.3 is 10.1 Å². The van der Waals surface area contributed by atoms with E-state index in [1.54, 1.807) is 18.2 Å². The van der Waals surface area contributed by atoms with Crippen LogP contribution < -0.4 is 10.1 Å². The summed E-state index contributed by atoms with van der Waals surface area (Å²) in [6.07, 6.45) is 0. The van der Waals surface area contributed by atoms with Gasteiger partial charge in [-0.05, 0) is 61.9 Å². The lowest BCUT2D eigenvalue weighted by Gasteiger charge is -2.20. The number of carbonyl (C=O) groups excluding carboxylic acids is 1. The van der Waals surface area contributed by atoms with Crippen molar-refractivity contribution in [2.24, 2.45) is 0 Å². The highest BCUT2D eigenvalue weighted by Gasteiger charge is 2.23. The second kappa shape index (κ2) is 10.8. The molecule has 1 N–H and O–H groups in total. The van der Waals surface area contributed by atoms with Crippen LogP contribution in [0.1, 0.15) is 41.4 Å². The quantitative estimate of drug-likeness (QED) is 0.459. The summed E-state index contributed by atoms with van der Waals surface area (Å²) in [5, 5.41) is 3.44. The maximum atomic E-state index is 13.0. The number of ether oxygens (including phenoxy) is 1. The fourth-order valence-corrected chi connectivity index (χ4v) is 4.63. The van der Waals surface area contributed by atoms with Gasteiger partial charge in [-0.1, -0.05) is 41.9 Å². The maximum Gasteiger partial charge on any atom is 0.251 e. The second-order valence-corrected chi connectivity index (χ2v) is 10.1. The zero-order valence-electron chi connectivity index (χ0n) is 18.8. The molecule has 0 aliphatic heterocycles. The Kier molecular flexibility index (Phi) is 8.13. The highest BCUT2D eigenvalue weighted by Crippen LogP contribution is 2.25. The van der Waals surface area contributed by atoms with Crippen molar-refractivity contribution in [1.82, 2.24) is 9.62 Å². The average Bonchev–Trinajstić information content (AvgIpc) is 2.81. The Labute approximate surface area is 200 Å². The molecule has 6 nitrogen and oxygen atoms in total. The summed E-state index contributed by atoms with van der Waals surface area (Å²) in [4.78, 5) is 13.0. The number of nitrogens with one attached hydrogen (secondary N) is 1. The maximum absolute atomic E-state index is 13.0. The summed E-state index contributed by atoms with van der Waals surface area (Å²) in [6.45, 7) is 4.21. The highest BCUT2D eigenvalue weighted by atomic mass is 35.5. The molecule has 0 aromatic heterocycles. The van der Waals surface area contributed by atoms with Gasteiger partial charge in [0.2, 0.25) is 10.0 Å². The lowest BCUT2D eigenvalue weighted by Crippen LogP contribution is -2.28. The van der Waals surface area contributed by atoms with Gasteiger partial charge in [-0.25, -0.2) is 8.42 Å². The predicted octanol–water partition coefficient (Wildman–Crippen LogP) is 5.05. The molecule has 1 atom stereocenters. The molecule has 0 radical (unpaired) electrons. The zero-order valence-corrected chi connectivity index (χ0v) is 20.4. The molecule has 0 saturated carbocycles. The van der Waals surface area contributed by atoms with Crippen LogP contribution in [0.3, 0.4) is 0 Å². The molecule has 0 fully saturated rings. The third kappa shape index (κ3) is 6.13. The molecule has 174 valence electrons. The van der Waals surface area contributed by atoms with Crippen LogP contribution in [0.2, 0.25) is 5.02 Å². The first-order chi connectivity index (χ1) is 15.7. The topological polar surface area (TPSA) is 75.7 Å². The van der Waals surface area contributed by atoms with E-state index in [0.717, 1.165) is 5.56 Å². The number of nitrogens with zero attached hydrogens (tertiary/aromatic N) is 1. The van der Waals surface area contributed by atoms with E-state index in [4.69, 9.17) is 16.3 Å². The lowest BCUT2D eigenvalue weighted by atomic mass is 10.1. The summed E-state index contributed by atoms with van der Waals surface area (Å²) < 4.78 is 32.9. The van der Waals surface area contributed by atoms with Gasteiger partial charge in [0.05, 0.1) is 17.5 Å². The molecule has 0 aliphatic rings. The molecule has 3 aromatic rings. The minimum atomic E-state index is -3.76. The number of hydrogen-bond acceptors (Lipinski definition) is 4. The summed E-state index contributed by atoms with van der Waals surface area (Å²) >= 11 is 5.89. The van der Waals surface area contributed by atoms with Crippen molar-refractivity contribution in [1.29, 1.82) is 0 Å². The van der Waals surface area contributed by atoms with Gasteiger partial charge in [0.25, 0.3) is 5.91 Å². The summed E-state index contributed by atoms with van der Waals surface area (Å²) in [5.41, 5.74) is 2.01. The first-order valence-corrected chi connectivity index (χ1v) is 12.4. The van der Waals surface area contributed by atoms with Crippen molar-refractivity contribution in [3.05, 3.63) is 94.5 Å². The standard InChI is InChI=1S/C25H27ClN2O4S/c1-4-32-24-15-10-20(25(29)27-18(2)19-8-6-5-7-9-19)16-21(24)17-28(3)33(30,31)23-13-11-22(26)12-14-23/h5-16,18H,4,17H2,1-3H3,(H,27,29). The van der Waals surface area contributed by atoms with Crippen molar-refractivity contribution in [3.8, 4) is 5.75 Å². The number of rotatable bonds is 9. The van der Waals surface area contributed by atoms with Gasteiger partial charge in [0, 0.05) is 29.7 Å². The molecule has 3 rings (SSSR count). The van der Waals surface area contributed by atoms with Crippen molar-refractivity contribution < 1.29 is 17.9 Å². The molecule has 0 heterocycles. The Hall–Kier alpha value is -2.87. The molecule has 1 amide bonds. The van der Waals surface area contributed by atoms with Crippen LogP contribution in [0, 0.1) is 0 Å². The number of benzene rings is 3. The van der Waals surface area contributed by atoms with E-state index in [2.05, 4.69) is 5.32 Å². The number of carbonyl (C=O) groups is 1. The van der Waals surface area contributed by atoms with Crippen molar-refractivity contribution in [2.75, 3.05) is 13.7 Å². The molecule has 3 aromatic carbocycles. The van der Waals surface area contributed by atoms with Crippen LogP contribution in [-0.4, -0.2) is 32.3 Å². The lowest BCUT2D eigenvalue weighted by molar-refractivity contribution is 0.0939. The largest absolute Gasteiger partial charge is 0.494 e. The fraction of sp³-hybridized carbons (Fsp3) is 0.240. The van der Waals surface area contributed by atoms with Gasteiger partial charge in [-0.15, -0.1) is 0 Å². The van der Waals surface area contributed by atoms with Crippen LogP contribution in [0.25, 0.3) is 0 Å². The van der Waals surface area contributed by atoms with Gasteiger partial charge in [0.15, 0.2) is 0 Å². The molecule has 0 bridgehead atoms. The smallest absolute Gasteiger partial charge is 0.251 e. The van der Waals surface area contributed by atoms with Crippen LogP contribution in [0.4, 0.5) is 0 Å². The van der Waals surface area contributed by atoms with E-state index in [1.165, 1.54) is 35.6 Å². The van der Waals surface area contributed by atoms with Crippen LogP contribution in [0.15, 0.2) is 77.7 Å². The average molecular weight is 487 g/mol. The number of sulfonamides is 1. The SMILES string of the molecule is CCOc1ccc(C(=O)NC(C)c2ccccc2)cc1CN(C)S(=O)(=O)c1ccc(Cl)cc1. The molecule has 8 heteroatoms. The minimum absolute atomic E-state index is 0.0374. The van der Waals surface area contributed by atoms with Crippen molar-refractivity contribution in [2.45, 2.75) is 31.3 Å². The van der Waals surface area contributed by atoms with E-state index in [-0.39, 0.29) is 23.4 Å². The molecular weight excluding hydrogens is 460 g/mol. The normalized spacial score (nSPS) is 12.4. The predicted molar refractivity (Wildman–Crippen MR) is 130 cm³/mol. The fourth-order valence-electron chi connectivity index (χ4n) is 3.36. The Morgan fingerprint density at radius 1 is 1.06 bits per heavy atom. The van der Waals surface area contributed by atoms with Crippen molar-refractivity contribution >= 4 is 27.5 Å². The van der Waals surface area contributed by atoms with Crippen molar-refractivity contribution in [3.63, 3.8) is 0 Å². The number of amides is 1. The zero-order chi connectivity index (χ0) is 24.0. The Morgan fingerprint density at radius 2 is 1.73 bits per heavy atom. The Morgan fingerprint density at radius 3 is 2.36 bits per heavy atom. The molecule has 0 saturated heterocycles.